The molecule has 2 aromatic heterocycles. The SMILES string of the molecule is Cc1ccc(-c2csc(=Nc3cccnc3)n2N=Cc2cc(Br)c(O)c(Br)c2)cc1C. The van der Waals surface area contributed by atoms with Gasteiger partial charge in [-0.15, -0.1) is 11.3 Å². The fourth-order valence-corrected chi connectivity index (χ4v) is 4.98. The Morgan fingerprint density at radius 3 is 2.52 bits per heavy atom. The monoisotopic (exact) mass is 556 g/mol. The molecule has 5 nitrogen and oxygen atoms in total. The summed E-state index contributed by atoms with van der Waals surface area (Å²) in [6.45, 7) is 4.20. The first-order valence-corrected chi connectivity index (χ1v) is 11.8. The van der Waals surface area contributed by atoms with Crippen molar-refractivity contribution in [2.45, 2.75) is 13.8 Å². The Labute approximate surface area is 200 Å². The molecule has 4 aromatic rings. The highest BCUT2D eigenvalue weighted by molar-refractivity contribution is 9.11. The third kappa shape index (κ3) is 4.87. The van der Waals surface area contributed by atoms with Crippen LogP contribution in [0.4, 0.5) is 5.69 Å². The number of hydrogen-bond donors (Lipinski definition) is 1. The van der Waals surface area contributed by atoms with Gasteiger partial charge in [-0.3, -0.25) is 4.98 Å². The second kappa shape index (κ2) is 9.30. The summed E-state index contributed by atoms with van der Waals surface area (Å²) in [6.07, 6.45) is 5.19. The van der Waals surface area contributed by atoms with E-state index in [1.165, 1.54) is 22.5 Å². The number of hydrogen-bond acceptors (Lipinski definition) is 5. The predicted molar refractivity (Wildman–Crippen MR) is 133 cm³/mol. The van der Waals surface area contributed by atoms with Gasteiger partial charge in [0.15, 0.2) is 0 Å². The maximum Gasteiger partial charge on any atom is 0.211 e. The highest BCUT2D eigenvalue weighted by Crippen LogP contribution is 2.33. The van der Waals surface area contributed by atoms with Gasteiger partial charge in [-0.2, -0.15) is 5.10 Å². The minimum Gasteiger partial charge on any atom is -0.506 e. The van der Waals surface area contributed by atoms with Crippen LogP contribution in [0.5, 0.6) is 5.75 Å². The predicted octanol–water partition coefficient (Wildman–Crippen LogP) is 6.57. The van der Waals surface area contributed by atoms with Crippen LogP contribution >= 0.6 is 43.2 Å². The molecule has 4 rings (SSSR count). The van der Waals surface area contributed by atoms with Gasteiger partial charge in [0.1, 0.15) is 5.75 Å². The van der Waals surface area contributed by atoms with Crippen molar-refractivity contribution in [1.82, 2.24) is 9.66 Å². The van der Waals surface area contributed by atoms with Crippen LogP contribution in [0.3, 0.4) is 0 Å². The number of phenolic OH excluding ortho intramolecular Hbond substituents is 1. The number of benzene rings is 2. The van der Waals surface area contributed by atoms with Gasteiger partial charge in [0.05, 0.1) is 32.7 Å². The first-order valence-electron chi connectivity index (χ1n) is 9.37. The average molecular weight is 558 g/mol. The van der Waals surface area contributed by atoms with E-state index in [4.69, 9.17) is 10.1 Å². The summed E-state index contributed by atoms with van der Waals surface area (Å²) in [4.78, 5) is 9.61. The van der Waals surface area contributed by atoms with Gasteiger partial charge in [0.25, 0.3) is 0 Å². The Hall–Kier alpha value is -2.55. The molecule has 0 aliphatic heterocycles. The van der Waals surface area contributed by atoms with Crippen LogP contribution < -0.4 is 4.80 Å². The Bertz CT molecular complexity index is 1320. The van der Waals surface area contributed by atoms with Gasteiger partial charge in [-0.1, -0.05) is 12.1 Å². The zero-order valence-electron chi connectivity index (χ0n) is 16.8. The molecule has 156 valence electrons. The lowest BCUT2D eigenvalue weighted by atomic mass is 10.1. The largest absolute Gasteiger partial charge is 0.506 e. The second-order valence-electron chi connectivity index (χ2n) is 6.92. The summed E-state index contributed by atoms with van der Waals surface area (Å²) in [6, 6.07) is 13.8. The number of halogens is 2. The van der Waals surface area contributed by atoms with E-state index in [9.17, 15) is 5.11 Å². The van der Waals surface area contributed by atoms with Crippen molar-refractivity contribution >= 4 is 55.1 Å². The number of aromatic hydroxyl groups is 1. The molecular formula is C23H18Br2N4OS. The molecule has 0 unspecified atom stereocenters. The third-order valence-electron chi connectivity index (χ3n) is 4.72. The van der Waals surface area contributed by atoms with E-state index in [-0.39, 0.29) is 5.75 Å². The molecule has 0 spiro atoms. The highest BCUT2D eigenvalue weighted by atomic mass is 79.9. The smallest absolute Gasteiger partial charge is 0.211 e. The van der Waals surface area contributed by atoms with Crippen LogP contribution in [0, 0.1) is 13.8 Å². The molecule has 31 heavy (non-hydrogen) atoms. The van der Waals surface area contributed by atoms with Crippen LogP contribution in [0.15, 0.2) is 79.3 Å². The van der Waals surface area contributed by atoms with E-state index in [0.717, 1.165) is 27.3 Å². The molecule has 0 aliphatic carbocycles. The molecule has 8 heteroatoms. The Morgan fingerprint density at radius 1 is 1.06 bits per heavy atom. The van der Waals surface area contributed by atoms with Crippen molar-refractivity contribution in [3.8, 4) is 17.0 Å². The lowest BCUT2D eigenvalue weighted by molar-refractivity contribution is 0.468. The third-order valence-corrected chi connectivity index (χ3v) is 6.75. The zero-order chi connectivity index (χ0) is 22.0. The van der Waals surface area contributed by atoms with E-state index in [1.807, 2.05) is 28.9 Å². The van der Waals surface area contributed by atoms with Gasteiger partial charge in [0, 0.05) is 17.1 Å². The number of pyridine rings is 1. The van der Waals surface area contributed by atoms with Gasteiger partial charge < -0.3 is 5.11 Å². The van der Waals surface area contributed by atoms with E-state index in [2.05, 4.69) is 74.3 Å². The molecule has 0 atom stereocenters. The van der Waals surface area contributed by atoms with Gasteiger partial charge >= 0.3 is 0 Å². The van der Waals surface area contributed by atoms with Crippen LogP contribution in [0.2, 0.25) is 0 Å². The van der Waals surface area contributed by atoms with E-state index in [1.54, 1.807) is 18.6 Å². The summed E-state index contributed by atoms with van der Waals surface area (Å²) < 4.78 is 3.01. The first kappa shape index (κ1) is 21.7. The minimum absolute atomic E-state index is 0.156. The minimum atomic E-state index is 0.156. The first-order chi connectivity index (χ1) is 14.9. The van der Waals surface area contributed by atoms with Gasteiger partial charge in [0.2, 0.25) is 4.80 Å². The van der Waals surface area contributed by atoms with E-state index in [0.29, 0.717) is 8.95 Å². The number of rotatable bonds is 4. The lowest BCUT2D eigenvalue weighted by Crippen LogP contribution is -2.11. The summed E-state index contributed by atoms with van der Waals surface area (Å²) >= 11 is 8.25. The molecule has 0 bridgehead atoms. The maximum absolute atomic E-state index is 9.97. The van der Waals surface area contributed by atoms with Gasteiger partial charge in [-0.05, 0) is 92.7 Å². The second-order valence-corrected chi connectivity index (χ2v) is 9.46. The number of aromatic nitrogens is 2. The molecule has 0 radical (unpaired) electrons. The Balaban J connectivity index is 1.86. The molecular weight excluding hydrogens is 540 g/mol. The molecule has 0 fully saturated rings. The molecule has 0 amide bonds. The summed E-state index contributed by atoms with van der Waals surface area (Å²) in [5.74, 6) is 0.156. The topological polar surface area (TPSA) is 62.8 Å². The highest BCUT2D eigenvalue weighted by Gasteiger charge is 2.10. The molecule has 2 heterocycles. The normalized spacial score (nSPS) is 12.1. The van der Waals surface area contributed by atoms with Crippen molar-refractivity contribution in [2.24, 2.45) is 10.1 Å². The van der Waals surface area contributed by atoms with E-state index >= 15 is 0 Å². The standard InChI is InChI=1S/C23H18Br2N4OS/c1-14-5-6-17(8-15(14)2)21-13-31-23(28-18-4-3-7-26-12-18)29(21)27-11-16-9-19(24)22(30)20(25)10-16/h3-13,30H,1-2H3. The summed E-state index contributed by atoms with van der Waals surface area (Å²) in [5.41, 5.74) is 6.06. The van der Waals surface area contributed by atoms with Crippen LogP contribution in [-0.4, -0.2) is 21.0 Å². The van der Waals surface area contributed by atoms with Crippen molar-refractivity contribution < 1.29 is 5.11 Å². The Morgan fingerprint density at radius 2 is 1.84 bits per heavy atom. The fourth-order valence-electron chi connectivity index (χ4n) is 2.90. The zero-order valence-corrected chi connectivity index (χ0v) is 20.7. The van der Waals surface area contributed by atoms with Crippen molar-refractivity contribution in [3.05, 3.63) is 90.7 Å². The van der Waals surface area contributed by atoms with Gasteiger partial charge in [-0.25, -0.2) is 9.67 Å². The Kier molecular flexibility index (Phi) is 6.50. The fraction of sp³-hybridized carbons (Fsp3) is 0.0870. The molecule has 1 N–H and O–H groups in total. The van der Waals surface area contributed by atoms with Crippen LogP contribution in [0.1, 0.15) is 16.7 Å². The molecule has 0 saturated heterocycles. The summed E-state index contributed by atoms with van der Waals surface area (Å²) in [7, 11) is 0. The molecule has 0 saturated carbocycles. The lowest BCUT2D eigenvalue weighted by Gasteiger charge is -2.07. The van der Waals surface area contributed by atoms with Crippen LogP contribution in [0.25, 0.3) is 11.3 Å². The molecule has 2 aromatic carbocycles. The average Bonchev–Trinajstić information content (AvgIpc) is 3.15. The van der Waals surface area contributed by atoms with E-state index < -0.39 is 0 Å². The quantitative estimate of drug-likeness (QED) is 0.288. The van der Waals surface area contributed by atoms with Crippen molar-refractivity contribution in [3.63, 3.8) is 0 Å². The molecule has 0 aliphatic rings. The number of thiazole rings is 1. The number of phenols is 1. The van der Waals surface area contributed by atoms with Crippen molar-refractivity contribution in [1.29, 1.82) is 0 Å². The number of nitrogens with zero attached hydrogens (tertiary/aromatic N) is 4. The van der Waals surface area contributed by atoms with Crippen molar-refractivity contribution in [2.75, 3.05) is 0 Å². The maximum atomic E-state index is 9.97. The summed E-state index contributed by atoms with van der Waals surface area (Å²) in [5, 5.41) is 16.8. The number of aryl methyl sites for hydroxylation is 2. The van der Waals surface area contributed by atoms with Crippen LogP contribution in [-0.2, 0) is 0 Å².